The number of rotatable bonds is 5. The van der Waals surface area contributed by atoms with E-state index in [1.807, 2.05) is 13.8 Å². The number of ether oxygens (including phenoxy) is 1. The number of benzene rings is 1. The molecule has 1 unspecified atom stereocenters. The van der Waals surface area contributed by atoms with Crippen molar-refractivity contribution >= 4 is 0 Å². The van der Waals surface area contributed by atoms with Gasteiger partial charge in [-0.2, -0.15) is 4.98 Å². The molecular formula is C14H17FN2O3. The maximum absolute atomic E-state index is 13.2. The van der Waals surface area contributed by atoms with Crippen molar-refractivity contribution in [3.63, 3.8) is 0 Å². The van der Waals surface area contributed by atoms with Gasteiger partial charge in [0.25, 0.3) is 0 Å². The molecule has 0 bridgehead atoms. The van der Waals surface area contributed by atoms with Crippen LogP contribution in [0.5, 0.6) is 5.75 Å². The quantitative estimate of drug-likeness (QED) is 0.912. The topological polar surface area (TPSA) is 68.4 Å². The summed E-state index contributed by atoms with van der Waals surface area (Å²) in [5.74, 6) is 0.891. The van der Waals surface area contributed by atoms with Gasteiger partial charge in [-0.15, -0.1) is 0 Å². The predicted molar refractivity (Wildman–Crippen MR) is 69.8 cm³/mol. The summed E-state index contributed by atoms with van der Waals surface area (Å²) in [7, 11) is 0. The third-order valence-electron chi connectivity index (χ3n) is 2.76. The fraction of sp³-hybridized carbons (Fsp3) is 0.429. The molecule has 108 valence electrons. The second kappa shape index (κ2) is 6.00. The highest BCUT2D eigenvalue weighted by atomic mass is 19.1. The highest BCUT2D eigenvalue weighted by Gasteiger charge is 2.13. The zero-order valence-electron chi connectivity index (χ0n) is 11.6. The van der Waals surface area contributed by atoms with Gasteiger partial charge in [0.05, 0.1) is 6.10 Å². The second-order valence-electron chi connectivity index (χ2n) is 4.85. The summed E-state index contributed by atoms with van der Waals surface area (Å²) in [5.41, 5.74) is 0.513. The van der Waals surface area contributed by atoms with Crippen LogP contribution in [0.4, 0.5) is 4.39 Å². The molecule has 6 heteroatoms. The lowest BCUT2D eigenvalue weighted by atomic mass is 10.1. The van der Waals surface area contributed by atoms with Crippen LogP contribution < -0.4 is 4.74 Å². The number of hydrogen-bond acceptors (Lipinski definition) is 5. The number of aliphatic hydroxyl groups is 1. The van der Waals surface area contributed by atoms with Gasteiger partial charge in [-0.25, -0.2) is 4.39 Å². The molecular weight excluding hydrogens is 263 g/mol. The molecule has 2 aromatic rings. The fourth-order valence-corrected chi connectivity index (χ4v) is 1.68. The van der Waals surface area contributed by atoms with Crippen LogP contribution >= 0.6 is 0 Å². The molecule has 1 aromatic heterocycles. The summed E-state index contributed by atoms with van der Waals surface area (Å²) in [4.78, 5) is 4.16. The summed E-state index contributed by atoms with van der Waals surface area (Å²) < 4.78 is 23.8. The summed E-state index contributed by atoms with van der Waals surface area (Å²) >= 11 is 0. The van der Waals surface area contributed by atoms with Gasteiger partial charge in [-0.05, 0) is 19.1 Å². The van der Waals surface area contributed by atoms with E-state index in [2.05, 4.69) is 10.1 Å². The van der Waals surface area contributed by atoms with E-state index in [0.29, 0.717) is 17.3 Å². The standard InChI is InChI=1S/C14H17FN2O3/c1-8(2)14-16-13(17-20-14)7-19-12-6-10(15)4-5-11(12)9(3)18/h4-6,8-9,18H,7H2,1-3H3. The van der Waals surface area contributed by atoms with Crippen molar-refractivity contribution in [3.8, 4) is 5.75 Å². The van der Waals surface area contributed by atoms with Crippen molar-refractivity contribution in [1.29, 1.82) is 0 Å². The van der Waals surface area contributed by atoms with E-state index in [0.717, 1.165) is 0 Å². The third kappa shape index (κ3) is 3.33. The SMILES string of the molecule is CC(C)c1nc(COc2cc(F)ccc2C(C)O)no1. The largest absolute Gasteiger partial charge is 0.485 e. The lowest BCUT2D eigenvalue weighted by molar-refractivity contribution is 0.189. The van der Waals surface area contributed by atoms with Crippen LogP contribution in [0, 0.1) is 5.82 Å². The van der Waals surface area contributed by atoms with Crippen LogP contribution in [-0.4, -0.2) is 15.2 Å². The predicted octanol–water partition coefficient (Wildman–Crippen LogP) is 2.96. The second-order valence-corrected chi connectivity index (χ2v) is 4.85. The van der Waals surface area contributed by atoms with Crippen molar-refractivity contribution < 1.29 is 18.8 Å². The zero-order chi connectivity index (χ0) is 14.7. The molecule has 2 rings (SSSR count). The summed E-state index contributed by atoms with van der Waals surface area (Å²) in [5, 5.41) is 13.4. The lowest BCUT2D eigenvalue weighted by Crippen LogP contribution is -2.03. The van der Waals surface area contributed by atoms with Gasteiger partial charge in [-0.1, -0.05) is 19.0 Å². The highest BCUT2D eigenvalue weighted by Crippen LogP contribution is 2.26. The minimum atomic E-state index is -0.748. The maximum Gasteiger partial charge on any atom is 0.229 e. The molecule has 0 aliphatic carbocycles. The Kier molecular flexibility index (Phi) is 4.34. The fourth-order valence-electron chi connectivity index (χ4n) is 1.68. The smallest absolute Gasteiger partial charge is 0.229 e. The molecule has 1 atom stereocenters. The van der Waals surface area contributed by atoms with Crippen LogP contribution in [0.2, 0.25) is 0 Å². The molecule has 0 saturated carbocycles. The van der Waals surface area contributed by atoms with Crippen molar-refractivity contribution in [1.82, 2.24) is 10.1 Å². The molecule has 0 fully saturated rings. The molecule has 0 amide bonds. The zero-order valence-corrected chi connectivity index (χ0v) is 11.6. The highest BCUT2D eigenvalue weighted by molar-refractivity contribution is 5.35. The molecule has 1 aromatic carbocycles. The Morgan fingerprint density at radius 3 is 2.70 bits per heavy atom. The van der Waals surface area contributed by atoms with Crippen LogP contribution in [0.15, 0.2) is 22.7 Å². The molecule has 0 aliphatic heterocycles. The summed E-state index contributed by atoms with van der Waals surface area (Å²) in [6.07, 6.45) is -0.748. The van der Waals surface area contributed by atoms with Gasteiger partial charge in [0, 0.05) is 17.5 Å². The van der Waals surface area contributed by atoms with Gasteiger partial charge < -0.3 is 14.4 Å². The van der Waals surface area contributed by atoms with Gasteiger partial charge in [0.1, 0.15) is 11.6 Å². The number of halogens is 1. The molecule has 5 nitrogen and oxygen atoms in total. The van der Waals surface area contributed by atoms with Gasteiger partial charge >= 0.3 is 0 Å². The van der Waals surface area contributed by atoms with Crippen LogP contribution in [0.1, 0.15) is 50.1 Å². The van der Waals surface area contributed by atoms with Crippen molar-refractivity contribution in [3.05, 3.63) is 41.3 Å². The Morgan fingerprint density at radius 1 is 1.35 bits per heavy atom. The van der Waals surface area contributed by atoms with E-state index in [1.165, 1.54) is 18.2 Å². The number of nitrogens with zero attached hydrogens (tertiary/aromatic N) is 2. The maximum atomic E-state index is 13.2. The lowest BCUT2D eigenvalue weighted by Gasteiger charge is -2.12. The summed E-state index contributed by atoms with van der Waals surface area (Å²) in [6, 6.07) is 4.00. The van der Waals surface area contributed by atoms with E-state index in [-0.39, 0.29) is 18.3 Å². The number of aromatic nitrogens is 2. The summed E-state index contributed by atoms with van der Waals surface area (Å²) in [6.45, 7) is 5.53. The van der Waals surface area contributed by atoms with Crippen molar-refractivity contribution in [2.24, 2.45) is 0 Å². The normalized spacial score (nSPS) is 12.7. The minimum Gasteiger partial charge on any atom is -0.485 e. The first kappa shape index (κ1) is 14.5. The minimum absolute atomic E-state index is 0.0550. The molecule has 1 heterocycles. The van der Waals surface area contributed by atoms with Crippen LogP contribution in [0.25, 0.3) is 0 Å². The number of aliphatic hydroxyl groups excluding tert-OH is 1. The first-order chi connectivity index (χ1) is 9.47. The monoisotopic (exact) mass is 280 g/mol. The van der Waals surface area contributed by atoms with Crippen molar-refractivity contribution in [2.45, 2.75) is 39.4 Å². The number of hydrogen-bond donors (Lipinski definition) is 1. The Morgan fingerprint density at radius 2 is 2.10 bits per heavy atom. The van der Waals surface area contributed by atoms with E-state index >= 15 is 0 Å². The Labute approximate surface area is 116 Å². The Bertz CT molecular complexity index is 582. The molecule has 1 N–H and O–H groups in total. The first-order valence-electron chi connectivity index (χ1n) is 6.40. The molecule has 0 spiro atoms. The van der Waals surface area contributed by atoms with Gasteiger partial charge in [0.2, 0.25) is 11.7 Å². The van der Waals surface area contributed by atoms with E-state index in [9.17, 15) is 9.50 Å². The molecule has 0 aliphatic rings. The molecule has 0 radical (unpaired) electrons. The average molecular weight is 280 g/mol. The Hall–Kier alpha value is -1.95. The molecule has 0 saturated heterocycles. The van der Waals surface area contributed by atoms with Crippen molar-refractivity contribution in [2.75, 3.05) is 0 Å². The van der Waals surface area contributed by atoms with Gasteiger partial charge in [0.15, 0.2) is 6.61 Å². The van der Waals surface area contributed by atoms with Crippen LogP contribution in [-0.2, 0) is 6.61 Å². The third-order valence-corrected chi connectivity index (χ3v) is 2.76. The van der Waals surface area contributed by atoms with E-state index in [4.69, 9.17) is 9.26 Å². The average Bonchev–Trinajstić information content (AvgIpc) is 2.85. The van der Waals surface area contributed by atoms with E-state index in [1.54, 1.807) is 6.92 Å². The van der Waals surface area contributed by atoms with E-state index < -0.39 is 11.9 Å². The van der Waals surface area contributed by atoms with Gasteiger partial charge in [-0.3, -0.25) is 0 Å². The van der Waals surface area contributed by atoms with Crippen LogP contribution in [0.3, 0.4) is 0 Å². The molecule has 20 heavy (non-hydrogen) atoms. The first-order valence-corrected chi connectivity index (χ1v) is 6.40. The Balaban J connectivity index is 2.11.